The topological polar surface area (TPSA) is 93.7 Å². The van der Waals surface area contributed by atoms with Gasteiger partial charge in [0, 0.05) is 12.6 Å². The van der Waals surface area contributed by atoms with Crippen LogP contribution in [0.15, 0.2) is 47.4 Å². The Labute approximate surface area is 158 Å². The minimum absolute atomic E-state index is 0.130. The Morgan fingerprint density at radius 2 is 1.96 bits per heavy atom. The van der Waals surface area contributed by atoms with Crippen LogP contribution in [-0.2, 0) is 21.2 Å². The smallest absolute Gasteiger partial charge is 0.240 e. The molecule has 0 unspecified atom stereocenters. The van der Waals surface area contributed by atoms with E-state index in [1.165, 1.54) is 19.1 Å². The highest BCUT2D eigenvalue weighted by molar-refractivity contribution is 7.89. The molecule has 3 rings (SSSR count). The fourth-order valence-electron chi connectivity index (χ4n) is 2.95. The minimum Gasteiger partial charge on any atom is -0.490 e. The van der Waals surface area contributed by atoms with Crippen LogP contribution < -0.4 is 19.5 Å². The lowest BCUT2D eigenvalue weighted by atomic mass is 10.0. The molecule has 144 valence electrons. The Bertz CT molecular complexity index is 926. The highest BCUT2D eigenvalue weighted by atomic mass is 32.2. The summed E-state index contributed by atoms with van der Waals surface area (Å²) in [6, 6.07) is 11.2. The molecule has 0 aromatic heterocycles. The van der Waals surface area contributed by atoms with E-state index >= 15 is 0 Å². The zero-order chi connectivity index (χ0) is 19.4. The molecule has 7 nitrogen and oxygen atoms in total. The molecule has 1 aliphatic rings. The normalized spacial score (nSPS) is 16.1. The molecule has 2 aromatic rings. The number of anilines is 1. The van der Waals surface area contributed by atoms with Gasteiger partial charge in [-0.2, -0.15) is 0 Å². The van der Waals surface area contributed by atoms with Gasteiger partial charge in [-0.1, -0.05) is 12.1 Å². The molecule has 1 heterocycles. The predicted molar refractivity (Wildman–Crippen MR) is 102 cm³/mol. The van der Waals surface area contributed by atoms with E-state index in [1.807, 2.05) is 25.1 Å². The van der Waals surface area contributed by atoms with E-state index in [-0.39, 0.29) is 23.5 Å². The van der Waals surface area contributed by atoms with Crippen molar-refractivity contribution in [3.63, 3.8) is 0 Å². The van der Waals surface area contributed by atoms with Gasteiger partial charge in [0.2, 0.25) is 15.9 Å². The standard InChI is InChI=1S/C19H22N2O5S/c1-3-25-18-6-4-5-14-11-16(12-26-19(14)18)21-27(23,24)17-9-7-15(8-10-17)20-13(2)22/h4-10,16,21H,3,11-12H2,1-2H3,(H,20,22)/t16-/m1/s1. The average Bonchev–Trinajstić information content (AvgIpc) is 2.61. The first-order valence-electron chi connectivity index (χ1n) is 8.66. The highest BCUT2D eigenvalue weighted by Gasteiger charge is 2.27. The average molecular weight is 390 g/mol. The molecule has 0 fully saturated rings. The van der Waals surface area contributed by atoms with Crippen molar-refractivity contribution >= 4 is 21.6 Å². The molecule has 8 heteroatoms. The molecule has 0 saturated heterocycles. The minimum atomic E-state index is -3.70. The number of benzene rings is 2. The second-order valence-electron chi connectivity index (χ2n) is 6.22. The van der Waals surface area contributed by atoms with Crippen LogP contribution in [0.2, 0.25) is 0 Å². The predicted octanol–water partition coefficient (Wildman–Crippen LogP) is 2.33. The first-order chi connectivity index (χ1) is 12.9. The van der Waals surface area contributed by atoms with Gasteiger partial charge in [0.1, 0.15) is 6.61 Å². The highest BCUT2D eigenvalue weighted by Crippen LogP contribution is 2.35. The SMILES string of the molecule is CCOc1cccc2c1OC[C@H](NS(=O)(=O)c1ccc(NC(C)=O)cc1)C2. The van der Waals surface area contributed by atoms with Crippen LogP contribution in [-0.4, -0.2) is 33.6 Å². The summed E-state index contributed by atoms with van der Waals surface area (Å²) in [6.07, 6.45) is 0.513. The maximum atomic E-state index is 12.6. The van der Waals surface area contributed by atoms with Gasteiger partial charge in [0.25, 0.3) is 0 Å². The summed E-state index contributed by atoms with van der Waals surface area (Å²) in [5.74, 6) is 1.13. The van der Waals surface area contributed by atoms with E-state index < -0.39 is 10.0 Å². The Hall–Kier alpha value is -2.58. The maximum Gasteiger partial charge on any atom is 0.240 e. The van der Waals surface area contributed by atoms with Gasteiger partial charge in [-0.05, 0) is 49.2 Å². The third-order valence-electron chi connectivity index (χ3n) is 4.06. The van der Waals surface area contributed by atoms with Gasteiger partial charge in [-0.15, -0.1) is 0 Å². The van der Waals surface area contributed by atoms with Crippen molar-refractivity contribution in [2.24, 2.45) is 0 Å². The lowest BCUT2D eigenvalue weighted by molar-refractivity contribution is -0.114. The number of fused-ring (bicyclic) bond motifs is 1. The van der Waals surface area contributed by atoms with Crippen molar-refractivity contribution < 1.29 is 22.7 Å². The van der Waals surface area contributed by atoms with Gasteiger partial charge < -0.3 is 14.8 Å². The molecular formula is C19H22N2O5S. The van der Waals surface area contributed by atoms with Crippen LogP contribution in [0.1, 0.15) is 19.4 Å². The number of ether oxygens (including phenoxy) is 2. The number of rotatable bonds is 6. The number of hydrogen-bond acceptors (Lipinski definition) is 5. The molecule has 1 aliphatic heterocycles. The lowest BCUT2D eigenvalue weighted by Gasteiger charge is -2.27. The fourth-order valence-corrected chi connectivity index (χ4v) is 4.17. The Kier molecular flexibility index (Phi) is 5.67. The first kappa shape index (κ1) is 19.2. The van der Waals surface area contributed by atoms with Crippen LogP contribution in [0.4, 0.5) is 5.69 Å². The van der Waals surface area contributed by atoms with Crippen LogP contribution in [0.3, 0.4) is 0 Å². The molecule has 0 spiro atoms. The molecular weight excluding hydrogens is 368 g/mol. The zero-order valence-electron chi connectivity index (χ0n) is 15.2. The second kappa shape index (κ2) is 7.98. The Morgan fingerprint density at radius 1 is 1.22 bits per heavy atom. The molecule has 1 amide bonds. The summed E-state index contributed by atoms with van der Waals surface area (Å²) in [5, 5.41) is 2.61. The van der Waals surface area contributed by atoms with Gasteiger partial charge in [-0.25, -0.2) is 13.1 Å². The Morgan fingerprint density at radius 3 is 2.63 bits per heavy atom. The molecule has 2 N–H and O–H groups in total. The van der Waals surface area contributed by atoms with Crippen LogP contribution in [0.5, 0.6) is 11.5 Å². The number of carbonyl (C=O) groups excluding carboxylic acids is 1. The molecule has 0 radical (unpaired) electrons. The number of amides is 1. The van der Waals surface area contributed by atoms with Crippen molar-refractivity contribution in [3.8, 4) is 11.5 Å². The summed E-state index contributed by atoms with van der Waals surface area (Å²) in [5.41, 5.74) is 1.45. The molecule has 2 aromatic carbocycles. The van der Waals surface area contributed by atoms with E-state index in [0.29, 0.717) is 30.2 Å². The molecule has 0 aliphatic carbocycles. The summed E-state index contributed by atoms with van der Waals surface area (Å²) >= 11 is 0. The monoisotopic (exact) mass is 390 g/mol. The number of hydrogen-bond donors (Lipinski definition) is 2. The number of sulfonamides is 1. The number of carbonyl (C=O) groups is 1. The molecule has 27 heavy (non-hydrogen) atoms. The summed E-state index contributed by atoms with van der Waals surface area (Å²) in [4.78, 5) is 11.2. The Balaban J connectivity index is 1.72. The van der Waals surface area contributed by atoms with Gasteiger partial charge in [-0.3, -0.25) is 4.79 Å². The molecule has 0 bridgehead atoms. The maximum absolute atomic E-state index is 12.6. The number of nitrogens with one attached hydrogen (secondary N) is 2. The van der Waals surface area contributed by atoms with E-state index in [2.05, 4.69) is 10.0 Å². The van der Waals surface area contributed by atoms with Gasteiger partial charge in [0.15, 0.2) is 11.5 Å². The van der Waals surface area contributed by atoms with Crippen molar-refractivity contribution in [1.82, 2.24) is 4.72 Å². The largest absolute Gasteiger partial charge is 0.490 e. The summed E-state index contributed by atoms with van der Waals surface area (Å²) in [7, 11) is -3.70. The van der Waals surface area contributed by atoms with Crippen molar-refractivity contribution in [1.29, 1.82) is 0 Å². The fraction of sp³-hybridized carbons (Fsp3) is 0.316. The first-order valence-corrected chi connectivity index (χ1v) is 10.1. The summed E-state index contributed by atoms with van der Waals surface area (Å²) < 4.78 is 39.3. The zero-order valence-corrected chi connectivity index (χ0v) is 16.0. The van der Waals surface area contributed by atoms with Crippen LogP contribution >= 0.6 is 0 Å². The molecule has 0 saturated carbocycles. The van der Waals surface area contributed by atoms with Crippen LogP contribution in [0, 0.1) is 0 Å². The second-order valence-corrected chi connectivity index (χ2v) is 7.93. The molecule has 1 atom stereocenters. The third kappa shape index (κ3) is 4.58. The number of para-hydroxylation sites is 1. The van der Waals surface area contributed by atoms with Crippen LogP contribution in [0.25, 0.3) is 0 Å². The van der Waals surface area contributed by atoms with Crippen molar-refractivity contribution in [2.45, 2.75) is 31.2 Å². The van der Waals surface area contributed by atoms with E-state index in [4.69, 9.17) is 9.47 Å². The van der Waals surface area contributed by atoms with Crippen molar-refractivity contribution in [3.05, 3.63) is 48.0 Å². The van der Waals surface area contributed by atoms with E-state index in [0.717, 1.165) is 5.56 Å². The lowest BCUT2D eigenvalue weighted by Crippen LogP contribution is -2.42. The van der Waals surface area contributed by atoms with Crippen molar-refractivity contribution in [2.75, 3.05) is 18.5 Å². The summed E-state index contributed by atoms with van der Waals surface area (Å²) in [6.45, 7) is 4.05. The van der Waals surface area contributed by atoms with E-state index in [1.54, 1.807) is 12.1 Å². The van der Waals surface area contributed by atoms with Gasteiger partial charge in [0.05, 0.1) is 17.5 Å². The van der Waals surface area contributed by atoms with Gasteiger partial charge >= 0.3 is 0 Å². The third-order valence-corrected chi connectivity index (χ3v) is 5.60. The van der Waals surface area contributed by atoms with E-state index in [9.17, 15) is 13.2 Å². The quantitative estimate of drug-likeness (QED) is 0.790.